The average Bonchev–Trinajstić information content (AvgIpc) is 0.967. The highest BCUT2D eigenvalue weighted by Crippen LogP contribution is 2.27. The molecule has 1 aromatic carbocycles. The zero-order valence-electron chi connectivity index (χ0n) is 69.4. The van der Waals surface area contributed by atoms with Gasteiger partial charge in [0.25, 0.3) is 5.91 Å². The van der Waals surface area contributed by atoms with Crippen LogP contribution < -0.4 is 58.9 Å². The zero-order valence-corrected chi connectivity index (χ0v) is 69.4. The van der Waals surface area contributed by atoms with Crippen LogP contribution in [0.3, 0.4) is 0 Å². The third-order valence-corrected chi connectivity index (χ3v) is 20.8. The van der Waals surface area contributed by atoms with Crippen LogP contribution in [0.25, 0.3) is 0 Å². The molecule has 0 saturated carbocycles. The van der Waals surface area contributed by atoms with Crippen molar-refractivity contribution in [1.29, 1.82) is 0 Å². The van der Waals surface area contributed by atoms with Gasteiger partial charge < -0.3 is 78.5 Å². The van der Waals surface area contributed by atoms with Gasteiger partial charge in [0.2, 0.25) is 65.0 Å². The Morgan fingerprint density at radius 2 is 1.15 bits per heavy atom. The average molecular weight is 1550 g/mol. The minimum atomic E-state index is -1.81. The molecule has 0 spiro atoms. The number of aliphatic hydroxyl groups is 1. The van der Waals surface area contributed by atoms with Gasteiger partial charge in [0.15, 0.2) is 5.78 Å². The van der Waals surface area contributed by atoms with Gasteiger partial charge in [-0.1, -0.05) is 179 Å². The van der Waals surface area contributed by atoms with E-state index in [9.17, 15) is 53.1 Å². The second-order valence-corrected chi connectivity index (χ2v) is 32.5. The lowest BCUT2D eigenvalue weighted by molar-refractivity contribution is -0.157. The zero-order chi connectivity index (χ0) is 83.3. The summed E-state index contributed by atoms with van der Waals surface area (Å²) >= 11 is 0. The molecule has 2 aliphatic rings. The molecule has 29 heteroatoms. The Kier molecular flexibility index (Phi) is 40.5. The molecule has 3 rings (SSSR count). The molecule has 0 aliphatic carbocycles. The molecule has 110 heavy (non-hydrogen) atoms. The molecule has 2 saturated heterocycles. The van der Waals surface area contributed by atoms with Crippen molar-refractivity contribution in [1.82, 2.24) is 63.0 Å². The molecule has 0 aromatic heterocycles. The van der Waals surface area contributed by atoms with Gasteiger partial charge in [-0.2, -0.15) is 0 Å². The van der Waals surface area contributed by atoms with Gasteiger partial charge in [0, 0.05) is 37.8 Å². The number of amides is 12. The Labute approximate surface area is 653 Å². The van der Waals surface area contributed by atoms with Crippen LogP contribution in [0.4, 0.5) is 0 Å². The Morgan fingerprint density at radius 1 is 0.609 bits per heavy atom. The molecule has 2 heterocycles. The van der Waals surface area contributed by atoms with Crippen LogP contribution in [-0.2, 0) is 78.3 Å². The molecule has 0 bridgehead atoms. The highest BCUT2D eigenvalue weighted by atomic mass is 16.5. The number of likely N-dealkylation sites (tertiary alicyclic amines) is 1. The Bertz CT molecular complexity index is 3290. The van der Waals surface area contributed by atoms with Crippen molar-refractivity contribution in [3.05, 3.63) is 47.7 Å². The third kappa shape index (κ3) is 28.8. The number of allylic oxidation sites excluding steroid dienone is 1. The SMILES string of the molecule is C/C=C1/C(=O)N[C@@H](C(C)C)C(=O)O[C@@H](C)[C@@H](NC(=O)[C@H](NC(=O)[C@H](CCCCCN)CC(=O)[C@H]2CCCN2C(=O)[C@H](NC(=O)[C@@H](NC(=O)[C@@H](NC(=O)[C@H](NC(=O)CCCC(C)C)C(C)C)[C@@H](C)O)C(C)C)C(C)C)[C@@H](C)CC)C(=O)N[C@H]([C@@H](C)CC)C(=O)N[C@H](C(C)C)C(=O)N[C@@H](Cc2ccccc2)C(=O)N1C(C)C. The number of nitrogens with one attached hydrogen (secondary N) is 10. The van der Waals surface area contributed by atoms with Crippen molar-refractivity contribution in [2.24, 2.45) is 59.0 Å². The van der Waals surface area contributed by atoms with Gasteiger partial charge in [-0.05, 0) is 126 Å². The first-order chi connectivity index (χ1) is 51.6. The fraction of sp³-hybridized carbons (Fsp3) is 0.728. The number of cyclic esters (lactones) is 1. The van der Waals surface area contributed by atoms with E-state index in [0.717, 1.165) is 6.42 Å². The van der Waals surface area contributed by atoms with Crippen LogP contribution in [0.2, 0.25) is 0 Å². The number of nitrogens with zero attached hydrogens (tertiary/aromatic N) is 2. The standard InChI is InChI=1S/C81H135N13O16/c1-22-50(18)66(76(104)92-69-53(21)110-81(109)65(48(14)15)88-71(99)57(24-3)94(49(16)17)79(107)56(41-54-34-27-25-28-35-54)83-72(100)62(45(8)9)85-75(103)67(51(19)23-2)90-78(69)106)89-70(98)55(36-29-26-30-39-82)42-59(96)58-37-32-40-93(58)80(108)64(47(12)13)87-74(102)63(46(10)11)86-77(105)68(52(20)95)91-73(101)61(44(6)7)84-60(97)38-31-33-43(4)5/h24-25,27-28,34-35,43-53,55-56,58,61-69,95H,22-23,26,29-33,36-42,82H2,1-21H3,(H,83,100)(H,84,97)(H,85,103)(H,86,105)(H,87,102)(H,88,99)(H,89,98)(H,90,106)(H,91,101)(H,92,104)/b57-24-/t50-,51-,52+,53-,55+,56-,58+,61+,62+,63-,64+,65-,66+,67+,68-,69+/m0/s1. The van der Waals surface area contributed by atoms with E-state index in [1.807, 2.05) is 13.8 Å². The maximum absolute atomic E-state index is 15.2. The van der Waals surface area contributed by atoms with E-state index in [2.05, 4.69) is 53.2 Å². The Morgan fingerprint density at radius 3 is 1.68 bits per heavy atom. The summed E-state index contributed by atoms with van der Waals surface area (Å²) in [5, 5.41) is 38.5. The van der Waals surface area contributed by atoms with Crippen molar-refractivity contribution in [3.8, 4) is 0 Å². The summed E-state index contributed by atoms with van der Waals surface area (Å²) in [6.45, 7) is 35.9. The Balaban J connectivity index is 2.07. The van der Waals surface area contributed by atoms with Crippen LogP contribution in [0.15, 0.2) is 42.1 Å². The van der Waals surface area contributed by atoms with Crippen molar-refractivity contribution >= 4 is 82.6 Å². The number of ether oxygens (including phenoxy) is 1. The molecule has 2 fully saturated rings. The van der Waals surface area contributed by atoms with E-state index in [1.165, 1.54) is 36.6 Å². The smallest absolute Gasteiger partial charge is 0.329 e. The number of carbonyl (C=O) groups is 14. The minimum Gasteiger partial charge on any atom is -0.458 e. The lowest BCUT2D eigenvalue weighted by Crippen LogP contribution is -2.63. The van der Waals surface area contributed by atoms with E-state index in [0.29, 0.717) is 56.6 Å². The molecule has 29 nitrogen and oxygen atoms in total. The van der Waals surface area contributed by atoms with Gasteiger partial charge in [0.05, 0.1) is 12.1 Å². The second kappa shape index (κ2) is 46.5. The number of hydrogen-bond donors (Lipinski definition) is 12. The van der Waals surface area contributed by atoms with Gasteiger partial charge in [0.1, 0.15) is 72.2 Å². The Hall–Kier alpha value is -8.34. The number of nitrogens with two attached hydrogens (primary N) is 1. The normalized spacial score (nSPS) is 22.3. The summed E-state index contributed by atoms with van der Waals surface area (Å²) in [6.07, 6.45) is 2.54. The van der Waals surface area contributed by atoms with Crippen LogP contribution in [0, 0.1) is 53.3 Å². The highest BCUT2D eigenvalue weighted by molar-refractivity contribution is 6.03. The molecule has 12 amide bonds. The number of hydrogen-bond acceptors (Lipinski definition) is 17. The van der Waals surface area contributed by atoms with Crippen molar-refractivity contribution < 1.29 is 77.0 Å². The molecular formula is C81H135N13O16. The number of benzene rings is 1. The van der Waals surface area contributed by atoms with Gasteiger partial charge in [-0.15, -0.1) is 0 Å². The fourth-order valence-corrected chi connectivity index (χ4v) is 13.5. The number of carbonyl (C=O) groups excluding carboxylic acids is 14. The molecule has 16 atom stereocenters. The predicted octanol–water partition coefficient (Wildman–Crippen LogP) is 4.83. The maximum Gasteiger partial charge on any atom is 0.329 e. The van der Waals surface area contributed by atoms with Crippen LogP contribution in [-0.4, -0.2) is 195 Å². The molecule has 13 N–H and O–H groups in total. The minimum absolute atomic E-state index is 0.0213. The maximum atomic E-state index is 15.2. The summed E-state index contributed by atoms with van der Waals surface area (Å²) in [5.41, 5.74) is 6.40. The molecular weight excluding hydrogens is 1410 g/mol. The predicted molar refractivity (Wildman–Crippen MR) is 420 cm³/mol. The highest BCUT2D eigenvalue weighted by Gasteiger charge is 2.45. The van der Waals surface area contributed by atoms with Crippen molar-refractivity contribution in [2.75, 3.05) is 13.1 Å². The fourth-order valence-electron chi connectivity index (χ4n) is 13.5. The van der Waals surface area contributed by atoms with Crippen molar-refractivity contribution in [3.63, 3.8) is 0 Å². The summed E-state index contributed by atoms with van der Waals surface area (Å²) in [7, 11) is 0. The lowest BCUT2D eigenvalue weighted by Gasteiger charge is -2.34. The molecule has 1 aromatic rings. The topological polar surface area (TPSA) is 421 Å². The quantitative estimate of drug-likeness (QED) is 0.0241. The number of esters is 1. The number of unbranched alkanes of at least 4 members (excludes halogenated alkanes) is 2. The van der Waals surface area contributed by atoms with E-state index in [1.54, 1.807) is 141 Å². The lowest BCUT2D eigenvalue weighted by atomic mass is 9.90. The van der Waals surface area contributed by atoms with E-state index in [4.69, 9.17) is 10.5 Å². The molecule has 620 valence electrons. The number of aliphatic hydroxyl groups excluding tert-OH is 1. The number of Topliss-reactive ketones (excluding diaryl/α,β-unsaturated/α-hetero) is 1. The van der Waals surface area contributed by atoms with E-state index >= 15 is 19.2 Å². The first-order valence-electron chi connectivity index (χ1n) is 40.1. The van der Waals surface area contributed by atoms with Gasteiger partial charge in [-0.25, -0.2) is 4.79 Å². The molecule has 2 aliphatic heterocycles. The van der Waals surface area contributed by atoms with E-state index < -0.39 is 209 Å². The summed E-state index contributed by atoms with van der Waals surface area (Å²) in [6, 6.07) is -6.60. The largest absolute Gasteiger partial charge is 0.458 e. The van der Waals surface area contributed by atoms with Gasteiger partial charge >= 0.3 is 5.97 Å². The first kappa shape index (κ1) is 95.9. The molecule has 0 unspecified atom stereocenters. The summed E-state index contributed by atoms with van der Waals surface area (Å²) in [5.74, 6) is -15.3. The second-order valence-electron chi connectivity index (χ2n) is 32.5. The number of ketones is 1. The first-order valence-corrected chi connectivity index (χ1v) is 40.1. The van der Waals surface area contributed by atoms with Crippen LogP contribution >= 0.6 is 0 Å². The van der Waals surface area contributed by atoms with Crippen molar-refractivity contribution in [2.45, 2.75) is 314 Å². The van der Waals surface area contributed by atoms with Crippen LogP contribution in [0.1, 0.15) is 228 Å². The van der Waals surface area contributed by atoms with E-state index in [-0.39, 0.29) is 56.7 Å². The third-order valence-electron chi connectivity index (χ3n) is 20.8. The van der Waals surface area contributed by atoms with Crippen LogP contribution in [0.5, 0.6) is 0 Å². The van der Waals surface area contributed by atoms with Gasteiger partial charge in [-0.3, -0.25) is 62.3 Å². The molecule has 0 radical (unpaired) electrons. The monoisotopic (exact) mass is 1550 g/mol. The summed E-state index contributed by atoms with van der Waals surface area (Å²) in [4.78, 5) is 207. The summed E-state index contributed by atoms with van der Waals surface area (Å²) < 4.78 is 6.08. The number of rotatable bonds is 37.